The summed E-state index contributed by atoms with van der Waals surface area (Å²) in [4.78, 5) is 34.5. The molecule has 126 valence electrons. The quantitative estimate of drug-likeness (QED) is 0.790. The minimum atomic E-state index is -3.63. The third-order valence-corrected chi connectivity index (χ3v) is 4.67. The number of hydrogen-bond donors (Lipinski definition) is 1. The second-order valence-electron chi connectivity index (χ2n) is 4.43. The van der Waals surface area contributed by atoms with Crippen molar-refractivity contribution in [2.45, 2.75) is 24.8 Å². The van der Waals surface area contributed by atoms with Gasteiger partial charge < -0.3 is 9.47 Å². The Balaban J connectivity index is 2.95. The molecule has 1 rings (SSSR count). The third-order valence-electron chi connectivity index (χ3n) is 2.89. The van der Waals surface area contributed by atoms with Crippen LogP contribution in [0, 0.1) is 0 Å². The molecule has 0 fully saturated rings. The Labute approximate surface area is 133 Å². The van der Waals surface area contributed by atoms with E-state index in [2.05, 4.69) is 4.74 Å². The monoisotopic (exact) mass is 343 g/mol. The molecule has 0 saturated carbocycles. The second-order valence-corrected chi connectivity index (χ2v) is 6.67. The van der Waals surface area contributed by atoms with Gasteiger partial charge in [-0.1, -0.05) is 19.1 Å². The molecule has 0 heterocycles. The number of sulfone groups is 1. The van der Waals surface area contributed by atoms with Crippen LogP contribution in [0.25, 0.3) is 0 Å². The van der Waals surface area contributed by atoms with E-state index in [1.54, 1.807) is 0 Å². The van der Waals surface area contributed by atoms with Crippen LogP contribution >= 0.6 is 0 Å². The van der Waals surface area contributed by atoms with Gasteiger partial charge in [0, 0.05) is 0 Å². The van der Waals surface area contributed by atoms with Crippen molar-refractivity contribution in [2.75, 3.05) is 12.9 Å². The molecule has 8 nitrogen and oxygen atoms in total. The molecule has 1 aromatic rings. The molecule has 0 radical (unpaired) electrons. The summed E-state index contributed by atoms with van der Waals surface area (Å²) in [5.74, 6) is -2.05. The number of amides is 2. The fourth-order valence-electron chi connectivity index (χ4n) is 1.59. The van der Waals surface area contributed by atoms with Crippen molar-refractivity contribution >= 4 is 27.8 Å². The Morgan fingerprint density at radius 1 is 1.22 bits per heavy atom. The average molecular weight is 343 g/mol. The predicted octanol–water partition coefficient (Wildman–Crippen LogP) is 0.908. The zero-order chi connectivity index (χ0) is 17.6. The molecule has 23 heavy (non-hydrogen) atoms. The molecule has 0 aliphatic rings. The molecule has 0 aliphatic heterocycles. The van der Waals surface area contributed by atoms with Crippen LogP contribution in [0.3, 0.4) is 0 Å². The van der Waals surface area contributed by atoms with Crippen LogP contribution in [-0.4, -0.2) is 45.4 Å². The van der Waals surface area contributed by atoms with Gasteiger partial charge in [-0.05, 0) is 19.1 Å². The molecule has 1 N–H and O–H groups in total. The molecule has 0 aromatic heterocycles. The summed E-state index contributed by atoms with van der Waals surface area (Å²) in [5.41, 5.74) is -0.174. The van der Waals surface area contributed by atoms with Crippen LogP contribution in [-0.2, 0) is 24.1 Å². The van der Waals surface area contributed by atoms with E-state index < -0.39 is 33.9 Å². The summed E-state index contributed by atoms with van der Waals surface area (Å²) in [6.07, 6.45) is -2.30. The highest BCUT2D eigenvalue weighted by molar-refractivity contribution is 7.91. The van der Waals surface area contributed by atoms with E-state index in [1.807, 2.05) is 5.32 Å². The van der Waals surface area contributed by atoms with Gasteiger partial charge in [0.2, 0.25) is 0 Å². The van der Waals surface area contributed by atoms with Crippen molar-refractivity contribution in [3.05, 3.63) is 29.8 Å². The summed E-state index contributed by atoms with van der Waals surface area (Å²) in [5, 5.41) is 1.85. The Bertz CT molecular complexity index is 712. The standard InChI is InChI=1S/C14H17NO7S/c1-4-23(19,20)11-8-6-5-7-10(11)13(17)22-9(2)12(16)15-14(18)21-3/h5-9H,4H2,1-3H3,(H,15,16,18)/t9-/m0/s1. The number of hydrogen-bond acceptors (Lipinski definition) is 7. The maximum Gasteiger partial charge on any atom is 0.413 e. The number of esters is 1. The maximum absolute atomic E-state index is 12.1. The van der Waals surface area contributed by atoms with E-state index in [0.717, 1.165) is 7.11 Å². The average Bonchev–Trinajstić information content (AvgIpc) is 2.54. The highest BCUT2D eigenvalue weighted by atomic mass is 32.2. The lowest BCUT2D eigenvalue weighted by atomic mass is 10.2. The lowest BCUT2D eigenvalue weighted by Gasteiger charge is -2.14. The van der Waals surface area contributed by atoms with Crippen LogP contribution in [0.15, 0.2) is 29.2 Å². The second kappa shape index (κ2) is 7.73. The van der Waals surface area contributed by atoms with Gasteiger partial charge in [-0.25, -0.2) is 18.0 Å². The predicted molar refractivity (Wildman–Crippen MR) is 79.6 cm³/mol. The fourth-order valence-corrected chi connectivity index (χ4v) is 2.68. The molecule has 0 bridgehead atoms. The summed E-state index contributed by atoms with van der Waals surface area (Å²) in [7, 11) is -2.55. The first-order valence-electron chi connectivity index (χ1n) is 6.64. The number of methoxy groups -OCH3 is 1. The van der Waals surface area contributed by atoms with E-state index in [0.29, 0.717) is 0 Å². The topological polar surface area (TPSA) is 116 Å². The van der Waals surface area contributed by atoms with Gasteiger partial charge in [-0.15, -0.1) is 0 Å². The van der Waals surface area contributed by atoms with Crippen molar-refractivity contribution in [1.29, 1.82) is 0 Å². The number of carbonyl (C=O) groups excluding carboxylic acids is 3. The van der Waals surface area contributed by atoms with Crippen LogP contribution < -0.4 is 5.32 Å². The first kappa shape index (κ1) is 18.6. The molecule has 0 aliphatic carbocycles. The maximum atomic E-state index is 12.1. The van der Waals surface area contributed by atoms with Crippen LogP contribution in [0.2, 0.25) is 0 Å². The third kappa shape index (κ3) is 4.78. The molecule has 0 spiro atoms. The summed E-state index contributed by atoms with van der Waals surface area (Å²) in [6.45, 7) is 2.69. The van der Waals surface area contributed by atoms with Crippen molar-refractivity contribution in [2.24, 2.45) is 0 Å². The van der Waals surface area contributed by atoms with Gasteiger partial charge in [-0.3, -0.25) is 10.1 Å². The van der Waals surface area contributed by atoms with Gasteiger partial charge in [-0.2, -0.15) is 0 Å². The Morgan fingerprint density at radius 2 is 1.83 bits per heavy atom. The lowest BCUT2D eigenvalue weighted by molar-refractivity contribution is -0.128. The number of nitrogens with one attached hydrogen (secondary N) is 1. The van der Waals surface area contributed by atoms with Gasteiger partial charge in [0.1, 0.15) is 0 Å². The summed E-state index contributed by atoms with van der Waals surface area (Å²) in [6, 6.07) is 5.53. The number of rotatable bonds is 5. The summed E-state index contributed by atoms with van der Waals surface area (Å²) >= 11 is 0. The molecular formula is C14H17NO7S. The van der Waals surface area contributed by atoms with Crippen molar-refractivity contribution in [1.82, 2.24) is 5.32 Å². The molecule has 1 atom stereocenters. The highest BCUT2D eigenvalue weighted by Gasteiger charge is 2.25. The van der Waals surface area contributed by atoms with E-state index in [-0.39, 0.29) is 16.2 Å². The van der Waals surface area contributed by atoms with E-state index >= 15 is 0 Å². The smallest absolute Gasteiger partial charge is 0.413 e. The molecule has 0 saturated heterocycles. The van der Waals surface area contributed by atoms with Crippen molar-refractivity contribution < 1.29 is 32.3 Å². The largest absolute Gasteiger partial charge is 0.453 e. The number of alkyl carbamates (subject to hydrolysis) is 1. The summed E-state index contributed by atoms with van der Waals surface area (Å²) < 4.78 is 33.1. The zero-order valence-electron chi connectivity index (χ0n) is 12.9. The first-order valence-corrected chi connectivity index (χ1v) is 8.29. The van der Waals surface area contributed by atoms with Gasteiger partial charge >= 0.3 is 12.1 Å². The normalized spacial score (nSPS) is 12.1. The Morgan fingerprint density at radius 3 is 2.39 bits per heavy atom. The molecule has 0 unspecified atom stereocenters. The molecule has 9 heteroatoms. The van der Waals surface area contributed by atoms with Crippen molar-refractivity contribution in [3.8, 4) is 0 Å². The molecular weight excluding hydrogens is 326 g/mol. The van der Waals surface area contributed by atoms with Gasteiger partial charge in [0.05, 0.1) is 23.3 Å². The minimum Gasteiger partial charge on any atom is -0.453 e. The lowest BCUT2D eigenvalue weighted by Crippen LogP contribution is -2.39. The van der Waals surface area contributed by atoms with E-state index in [9.17, 15) is 22.8 Å². The van der Waals surface area contributed by atoms with Crippen molar-refractivity contribution in [3.63, 3.8) is 0 Å². The highest BCUT2D eigenvalue weighted by Crippen LogP contribution is 2.18. The van der Waals surface area contributed by atoms with Crippen LogP contribution in [0.4, 0.5) is 4.79 Å². The van der Waals surface area contributed by atoms with E-state index in [1.165, 1.54) is 38.1 Å². The fraction of sp³-hybridized carbons (Fsp3) is 0.357. The molecule has 1 aromatic carbocycles. The minimum absolute atomic E-state index is 0.173. The van der Waals surface area contributed by atoms with Gasteiger partial charge in [0.25, 0.3) is 5.91 Å². The van der Waals surface area contributed by atoms with Crippen LogP contribution in [0.5, 0.6) is 0 Å². The van der Waals surface area contributed by atoms with Gasteiger partial charge in [0.15, 0.2) is 15.9 Å². The Kier molecular flexibility index (Phi) is 6.26. The SMILES string of the molecule is CCS(=O)(=O)c1ccccc1C(=O)O[C@@H](C)C(=O)NC(=O)OC. The number of imide groups is 1. The number of benzene rings is 1. The Hall–Kier alpha value is -2.42. The first-order chi connectivity index (χ1) is 10.7. The number of carbonyl (C=O) groups is 3. The zero-order valence-corrected chi connectivity index (χ0v) is 13.7. The molecule has 2 amide bonds. The van der Waals surface area contributed by atoms with E-state index in [4.69, 9.17) is 4.74 Å². The number of ether oxygens (including phenoxy) is 2. The van der Waals surface area contributed by atoms with Crippen LogP contribution in [0.1, 0.15) is 24.2 Å².